The molecular weight excluding hydrogens is 478 g/mol. The Bertz CT molecular complexity index is 1540. The molecule has 0 radical (unpaired) electrons. The number of benzene rings is 5. The number of rotatable bonds is 4. The molecule has 1 saturated carbocycles. The van der Waals surface area contributed by atoms with E-state index in [0.717, 1.165) is 22.3 Å². The average molecular weight is 502 g/mol. The fraction of sp³-hybridized carbons (Fsp3) is 0.125. The number of hydrogen-bond donors (Lipinski definition) is 1. The van der Waals surface area contributed by atoms with Crippen molar-refractivity contribution in [2.45, 2.75) is 24.7 Å². The second kappa shape index (κ2) is 7.85. The van der Waals surface area contributed by atoms with E-state index in [1.807, 2.05) is 0 Å². The first-order valence-electron chi connectivity index (χ1n) is 12.0. The lowest BCUT2D eigenvalue weighted by Crippen LogP contribution is -1.96. The van der Waals surface area contributed by atoms with Gasteiger partial charge in [-0.05, 0) is 111 Å². The third kappa shape index (κ3) is 3.36. The molecule has 34 heavy (non-hydrogen) atoms. The number of halogens is 1. The monoisotopic (exact) mass is 501 g/mol. The second-order valence-electron chi connectivity index (χ2n) is 9.58. The highest BCUT2D eigenvalue weighted by Gasteiger charge is 2.42. The number of anilines is 2. The maximum Gasteiger partial charge on any atom is 0.0390 e. The Morgan fingerprint density at radius 1 is 0.676 bits per heavy atom. The van der Waals surface area contributed by atoms with E-state index in [4.69, 9.17) is 0 Å². The maximum atomic E-state index is 3.59. The van der Waals surface area contributed by atoms with Gasteiger partial charge in [-0.3, -0.25) is 0 Å². The predicted molar refractivity (Wildman–Crippen MR) is 146 cm³/mol. The van der Waals surface area contributed by atoms with Crippen LogP contribution in [0.15, 0.2) is 108 Å². The van der Waals surface area contributed by atoms with Crippen molar-refractivity contribution in [2.75, 3.05) is 5.32 Å². The van der Waals surface area contributed by atoms with Gasteiger partial charge >= 0.3 is 0 Å². The van der Waals surface area contributed by atoms with Crippen molar-refractivity contribution in [3.8, 4) is 11.1 Å². The first-order chi connectivity index (χ1) is 16.7. The van der Waals surface area contributed by atoms with E-state index in [0.29, 0.717) is 11.8 Å². The molecule has 0 aromatic heterocycles. The summed E-state index contributed by atoms with van der Waals surface area (Å²) in [5, 5.41) is 6.33. The van der Waals surface area contributed by atoms with Crippen LogP contribution in [0.5, 0.6) is 0 Å². The van der Waals surface area contributed by atoms with Gasteiger partial charge in [0.15, 0.2) is 0 Å². The van der Waals surface area contributed by atoms with Crippen LogP contribution in [0.3, 0.4) is 0 Å². The molecule has 0 spiro atoms. The summed E-state index contributed by atoms with van der Waals surface area (Å²) < 4.78 is 1.09. The molecular formula is C32H24BrN. The molecule has 7 rings (SSSR count). The van der Waals surface area contributed by atoms with Crippen LogP contribution in [0, 0.1) is 0 Å². The molecule has 2 aliphatic rings. The van der Waals surface area contributed by atoms with Gasteiger partial charge in [0.2, 0.25) is 0 Å². The molecule has 0 heterocycles. The Kier molecular flexibility index (Phi) is 4.63. The lowest BCUT2D eigenvalue weighted by Gasteiger charge is -2.16. The molecule has 0 saturated heterocycles. The number of fused-ring (bicyclic) bond motifs is 4. The SMILES string of the molecule is Brc1ccc(Nc2ccc3c(C4CC4c4ccccc4)c4c(cc3c2)-c2ccccc2C4)cc1. The van der Waals surface area contributed by atoms with Gasteiger partial charge in [-0.15, -0.1) is 0 Å². The van der Waals surface area contributed by atoms with Crippen LogP contribution in [0.2, 0.25) is 0 Å². The first-order valence-corrected chi connectivity index (χ1v) is 12.8. The van der Waals surface area contributed by atoms with E-state index >= 15 is 0 Å². The largest absolute Gasteiger partial charge is 0.356 e. The molecule has 0 bridgehead atoms. The molecule has 2 heteroatoms. The van der Waals surface area contributed by atoms with Crippen LogP contribution in [-0.4, -0.2) is 0 Å². The van der Waals surface area contributed by atoms with Gasteiger partial charge in [-0.2, -0.15) is 0 Å². The van der Waals surface area contributed by atoms with Crippen molar-refractivity contribution >= 4 is 38.1 Å². The van der Waals surface area contributed by atoms with E-state index in [1.165, 1.54) is 39.4 Å². The molecule has 164 valence electrons. The van der Waals surface area contributed by atoms with Crippen LogP contribution >= 0.6 is 15.9 Å². The second-order valence-corrected chi connectivity index (χ2v) is 10.5. The summed E-state index contributed by atoms with van der Waals surface area (Å²) in [4.78, 5) is 0. The lowest BCUT2D eigenvalue weighted by atomic mass is 9.90. The van der Waals surface area contributed by atoms with Gasteiger partial charge in [0.1, 0.15) is 0 Å². The molecule has 0 amide bonds. The van der Waals surface area contributed by atoms with Gasteiger partial charge < -0.3 is 5.32 Å². The molecule has 1 N–H and O–H groups in total. The highest BCUT2D eigenvalue weighted by molar-refractivity contribution is 9.10. The zero-order valence-electron chi connectivity index (χ0n) is 18.8. The van der Waals surface area contributed by atoms with Crippen molar-refractivity contribution in [2.24, 2.45) is 0 Å². The molecule has 2 atom stereocenters. The third-order valence-corrected chi connectivity index (χ3v) is 8.02. The van der Waals surface area contributed by atoms with Gasteiger partial charge in [0.25, 0.3) is 0 Å². The Balaban J connectivity index is 1.36. The average Bonchev–Trinajstić information content (AvgIpc) is 3.58. The Labute approximate surface area is 208 Å². The van der Waals surface area contributed by atoms with Gasteiger partial charge in [-0.1, -0.05) is 76.6 Å². The molecule has 1 fully saturated rings. The van der Waals surface area contributed by atoms with E-state index < -0.39 is 0 Å². The minimum atomic E-state index is 0.597. The zero-order valence-corrected chi connectivity index (χ0v) is 20.3. The van der Waals surface area contributed by atoms with E-state index in [9.17, 15) is 0 Å². The predicted octanol–water partition coefficient (Wildman–Crippen LogP) is 9.19. The summed E-state index contributed by atoms with van der Waals surface area (Å²) in [6.45, 7) is 0. The van der Waals surface area contributed by atoms with Crippen molar-refractivity contribution in [1.82, 2.24) is 0 Å². The summed E-state index contributed by atoms with van der Waals surface area (Å²) in [6.07, 6.45) is 2.29. The lowest BCUT2D eigenvalue weighted by molar-refractivity contribution is 1.01. The number of nitrogens with one attached hydrogen (secondary N) is 1. The molecule has 2 unspecified atom stereocenters. The van der Waals surface area contributed by atoms with Gasteiger partial charge in [0, 0.05) is 15.8 Å². The van der Waals surface area contributed by atoms with E-state index in [-0.39, 0.29) is 0 Å². The Morgan fingerprint density at radius 3 is 2.29 bits per heavy atom. The van der Waals surface area contributed by atoms with Crippen molar-refractivity contribution < 1.29 is 0 Å². The molecule has 1 nitrogen and oxygen atoms in total. The Hall–Kier alpha value is -3.36. The van der Waals surface area contributed by atoms with Gasteiger partial charge in [0.05, 0.1) is 0 Å². The summed E-state index contributed by atoms with van der Waals surface area (Å²) >= 11 is 3.53. The summed E-state index contributed by atoms with van der Waals surface area (Å²) in [5.41, 5.74) is 11.1. The highest BCUT2D eigenvalue weighted by Crippen LogP contribution is 2.59. The van der Waals surface area contributed by atoms with Crippen LogP contribution in [-0.2, 0) is 6.42 Å². The fourth-order valence-corrected chi connectivity index (χ4v) is 6.08. The number of hydrogen-bond acceptors (Lipinski definition) is 1. The highest BCUT2D eigenvalue weighted by atomic mass is 79.9. The zero-order chi connectivity index (χ0) is 22.6. The first kappa shape index (κ1) is 20.1. The molecule has 5 aromatic carbocycles. The molecule has 2 aliphatic carbocycles. The quantitative estimate of drug-likeness (QED) is 0.253. The summed E-state index contributed by atoms with van der Waals surface area (Å²) in [6, 6.07) is 37.7. The van der Waals surface area contributed by atoms with Gasteiger partial charge in [-0.25, -0.2) is 0 Å². The Morgan fingerprint density at radius 2 is 1.44 bits per heavy atom. The standard InChI is InChI=1S/C32H24BrN/c33-23-10-12-24(13-11-23)34-25-14-15-27-22(16-25)18-29-26-9-5-4-8-21(26)17-30(29)32(27)31-19-28(31)20-6-2-1-3-7-20/h1-16,18,28,31,34H,17,19H2. The van der Waals surface area contributed by atoms with Crippen LogP contribution in [0.25, 0.3) is 21.9 Å². The maximum absolute atomic E-state index is 3.59. The van der Waals surface area contributed by atoms with E-state index in [2.05, 4.69) is 124 Å². The fourth-order valence-electron chi connectivity index (χ4n) is 5.82. The molecule has 5 aromatic rings. The van der Waals surface area contributed by atoms with E-state index in [1.54, 1.807) is 11.1 Å². The minimum Gasteiger partial charge on any atom is -0.356 e. The van der Waals surface area contributed by atoms with Crippen molar-refractivity contribution in [1.29, 1.82) is 0 Å². The van der Waals surface area contributed by atoms with Crippen LogP contribution < -0.4 is 5.32 Å². The summed E-state index contributed by atoms with van der Waals surface area (Å²) in [5.74, 6) is 1.22. The summed E-state index contributed by atoms with van der Waals surface area (Å²) in [7, 11) is 0. The van der Waals surface area contributed by atoms with Crippen molar-refractivity contribution in [3.63, 3.8) is 0 Å². The molecule has 0 aliphatic heterocycles. The minimum absolute atomic E-state index is 0.597. The topological polar surface area (TPSA) is 12.0 Å². The van der Waals surface area contributed by atoms with Crippen LogP contribution in [0.1, 0.15) is 40.5 Å². The van der Waals surface area contributed by atoms with Crippen molar-refractivity contribution in [3.05, 3.63) is 130 Å². The van der Waals surface area contributed by atoms with Crippen LogP contribution in [0.4, 0.5) is 11.4 Å². The third-order valence-electron chi connectivity index (χ3n) is 7.49. The normalized spacial score (nSPS) is 17.9. The smallest absolute Gasteiger partial charge is 0.0390 e.